The van der Waals surface area contributed by atoms with Crippen LogP contribution in [0.1, 0.15) is 43.2 Å². The lowest BCUT2D eigenvalue weighted by molar-refractivity contribution is -0.386. The Bertz CT molecular complexity index is 1440. The van der Waals surface area contributed by atoms with E-state index in [1.165, 1.54) is 13.3 Å². The zero-order valence-corrected chi connectivity index (χ0v) is 20.0. The zero-order chi connectivity index (χ0) is 25.8. The summed E-state index contributed by atoms with van der Waals surface area (Å²) in [4.78, 5) is 35.5. The van der Waals surface area contributed by atoms with Crippen LogP contribution in [0.4, 0.5) is 11.4 Å². The minimum absolute atomic E-state index is 0.0142. The molecule has 0 fully saturated rings. The molecular formula is C25H24N6O5. The van der Waals surface area contributed by atoms with Gasteiger partial charge in [0, 0.05) is 11.8 Å². The van der Waals surface area contributed by atoms with E-state index in [-0.39, 0.29) is 11.6 Å². The largest absolute Gasteiger partial charge is 0.465 e. The topological polar surface area (TPSA) is 134 Å². The van der Waals surface area contributed by atoms with Gasteiger partial charge in [-0.25, -0.2) is 4.79 Å². The second-order valence-electron chi connectivity index (χ2n) is 8.16. The molecule has 0 aliphatic carbocycles. The van der Waals surface area contributed by atoms with E-state index in [1.807, 2.05) is 12.1 Å². The van der Waals surface area contributed by atoms with Crippen LogP contribution in [-0.2, 0) is 17.8 Å². The number of carbonyl (C=O) groups excluding carboxylic acids is 2. The number of rotatable bonds is 8. The fourth-order valence-electron chi connectivity index (χ4n) is 3.90. The third-order valence-electron chi connectivity index (χ3n) is 5.72. The van der Waals surface area contributed by atoms with Crippen LogP contribution in [0.5, 0.6) is 0 Å². The smallest absolute Gasteiger partial charge is 0.338 e. The molecule has 2 heterocycles. The van der Waals surface area contributed by atoms with Crippen LogP contribution in [0.3, 0.4) is 0 Å². The van der Waals surface area contributed by atoms with Crippen molar-refractivity contribution in [1.82, 2.24) is 19.6 Å². The van der Waals surface area contributed by atoms with Gasteiger partial charge in [-0.3, -0.25) is 24.3 Å². The molecule has 4 rings (SSSR count). The van der Waals surface area contributed by atoms with Crippen molar-refractivity contribution in [3.05, 3.63) is 105 Å². The first-order valence-corrected chi connectivity index (χ1v) is 11.0. The summed E-state index contributed by atoms with van der Waals surface area (Å²) >= 11 is 0. The molecule has 11 nitrogen and oxygen atoms in total. The van der Waals surface area contributed by atoms with Crippen LogP contribution in [-0.4, -0.2) is 43.5 Å². The molecule has 0 unspecified atom stereocenters. The second-order valence-corrected chi connectivity index (χ2v) is 8.16. The number of aryl methyl sites for hydroxylation is 1. The van der Waals surface area contributed by atoms with E-state index in [1.54, 1.807) is 65.8 Å². The predicted octanol–water partition coefficient (Wildman–Crippen LogP) is 3.74. The summed E-state index contributed by atoms with van der Waals surface area (Å²) in [7, 11) is 1.33. The second kappa shape index (κ2) is 10.2. The Hall–Kier alpha value is -4.80. The Morgan fingerprint density at radius 1 is 1.08 bits per heavy atom. The third-order valence-corrected chi connectivity index (χ3v) is 5.72. The van der Waals surface area contributed by atoms with Crippen molar-refractivity contribution in [3.63, 3.8) is 0 Å². The number of nitrogens with zero attached hydrogens (tertiary/aromatic N) is 5. The van der Waals surface area contributed by atoms with E-state index in [4.69, 9.17) is 4.74 Å². The normalized spacial score (nSPS) is 10.8. The summed E-state index contributed by atoms with van der Waals surface area (Å²) in [6, 6.07) is 14.0. The van der Waals surface area contributed by atoms with Gasteiger partial charge in [0.05, 0.1) is 42.6 Å². The Morgan fingerprint density at radius 2 is 1.81 bits per heavy atom. The molecule has 0 aliphatic rings. The number of hydrogen-bond acceptors (Lipinski definition) is 7. The van der Waals surface area contributed by atoms with Gasteiger partial charge in [0.25, 0.3) is 5.91 Å². The summed E-state index contributed by atoms with van der Waals surface area (Å²) in [6.07, 6.45) is 3.21. The van der Waals surface area contributed by atoms with Crippen molar-refractivity contribution in [1.29, 1.82) is 0 Å². The van der Waals surface area contributed by atoms with Crippen molar-refractivity contribution in [3.8, 4) is 0 Å². The quantitative estimate of drug-likeness (QED) is 0.227. The maximum atomic E-state index is 12.7. The van der Waals surface area contributed by atoms with Crippen LogP contribution < -0.4 is 5.32 Å². The molecule has 36 heavy (non-hydrogen) atoms. The summed E-state index contributed by atoms with van der Waals surface area (Å²) < 4.78 is 8.02. The van der Waals surface area contributed by atoms with E-state index < -0.39 is 10.9 Å². The molecule has 1 amide bonds. The first-order chi connectivity index (χ1) is 17.3. The van der Waals surface area contributed by atoms with Crippen molar-refractivity contribution >= 4 is 23.3 Å². The minimum atomic E-state index is -0.429. The molecule has 0 atom stereocenters. The summed E-state index contributed by atoms with van der Waals surface area (Å²) in [5.74, 6) is -0.733. The number of amides is 1. The Balaban J connectivity index is 1.41. The van der Waals surface area contributed by atoms with Gasteiger partial charge in [0.1, 0.15) is 11.4 Å². The molecule has 184 valence electrons. The number of anilines is 1. The van der Waals surface area contributed by atoms with E-state index in [0.717, 1.165) is 11.1 Å². The summed E-state index contributed by atoms with van der Waals surface area (Å²) in [5.41, 5.74) is 3.86. The monoisotopic (exact) mass is 488 g/mol. The number of carbonyl (C=O) groups is 2. The molecule has 0 saturated heterocycles. The van der Waals surface area contributed by atoms with Crippen LogP contribution in [0.15, 0.2) is 60.9 Å². The number of aromatic nitrogens is 4. The lowest BCUT2D eigenvalue weighted by atomic mass is 10.1. The highest BCUT2D eigenvalue weighted by atomic mass is 16.6. The van der Waals surface area contributed by atoms with Gasteiger partial charge in [-0.1, -0.05) is 30.3 Å². The molecule has 11 heteroatoms. The maximum Gasteiger partial charge on any atom is 0.338 e. The molecule has 2 aromatic carbocycles. The molecule has 0 aliphatic heterocycles. The van der Waals surface area contributed by atoms with Gasteiger partial charge in [-0.05, 0) is 43.2 Å². The van der Waals surface area contributed by atoms with Crippen LogP contribution in [0.25, 0.3) is 0 Å². The number of nitro groups is 1. The Morgan fingerprint density at radius 3 is 2.47 bits per heavy atom. The molecule has 0 spiro atoms. The van der Waals surface area contributed by atoms with Gasteiger partial charge in [0.2, 0.25) is 0 Å². The number of methoxy groups -OCH3 is 1. The van der Waals surface area contributed by atoms with Gasteiger partial charge in [-0.15, -0.1) is 0 Å². The highest BCUT2D eigenvalue weighted by Crippen LogP contribution is 2.22. The van der Waals surface area contributed by atoms with E-state index >= 15 is 0 Å². The maximum absolute atomic E-state index is 12.7. The standard InChI is InChI=1S/C25H24N6O5/c1-16-23(31(34)35)17(2)30(28-16)13-18-8-10-19(11-9-18)24(32)27-21-12-26-29(15-21)14-20-6-4-5-7-22(20)25(33)36-3/h4-12,15H,13-14H2,1-3H3,(H,27,32). The first kappa shape index (κ1) is 24.3. The average Bonchev–Trinajstić information content (AvgIpc) is 3.41. The highest BCUT2D eigenvalue weighted by molar-refractivity contribution is 6.04. The number of nitrogens with one attached hydrogen (secondary N) is 1. The van der Waals surface area contributed by atoms with Crippen molar-refractivity contribution < 1.29 is 19.2 Å². The lowest BCUT2D eigenvalue weighted by Crippen LogP contribution is -2.12. The molecular weight excluding hydrogens is 464 g/mol. The first-order valence-electron chi connectivity index (χ1n) is 11.0. The SMILES string of the molecule is COC(=O)c1ccccc1Cn1cc(NC(=O)c2ccc(Cn3nc(C)c([N+](=O)[O-])c3C)cc2)cn1. The van der Waals surface area contributed by atoms with Crippen molar-refractivity contribution in [2.45, 2.75) is 26.9 Å². The fraction of sp³-hybridized carbons (Fsp3) is 0.200. The van der Waals surface area contributed by atoms with E-state index in [2.05, 4.69) is 15.5 Å². The Kier molecular flexibility index (Phi) is 6.91. The number of hydrogen-bond donors (Lipinski definition) is 1. The van der Waals surface area contributed by atoms with Crippen LogP contribution >= 0.6 is 0 Å². The highest BCUT2D eigenvalue weighted by Gasteiger charge is 2.21. The van der Waals surface area contributed by atoms with Crippen LogP contribution in [0.2, 0.25) is 0 Å². The molecule has 4 aromatic rings. The average molecular weight is 489 g/mol. The molecule has 0 bridgehead atoms. The number of esters is 1. The fourth-order valence-corrected chi connectivity index (χ4v) is 3.90. The number of ether oxygens (including phenoxy) is 1. The van der Waals surface area contributed by atoms with Crippen molar-refractivity contribution in [2.75, 3.05) is 12.4 Å². The van der Waals surface area contributed by atoms with Gasteiger partial charge < -0.3 is 10.1 Å². The van der Waals surface area contributed by atoms with Crippen molar-refractivity contribution in [2.24, 2.45) is 0 Å². The Labute approximate surface area is 206 Å². The van der Waals surface area contributed by atoms with Gasteiger partial charge >= 0.3 is 11.7 Å². The molecule has 2 aromatic heterocycles. The molecule has 1 N–H and O–H groups in total. The van der Waals surface area contributed by atoms with Gasteiger partial charge in [-0.2, -0.15) is 10.2 Å². The minimum Gasteiger partial charge on any atom is -0.465 e. The van der Waals surface area contributed by atoms with Gasteiger partial charge in [0.15, 0.2) is 0 Å². The predicted molar refractivity (Wildman–Crippen MR) is 131 cm³/mol. The number of benzene rings is 2. The molecule has 0 radical (unpaired) electrons. The third kappa shape index (κ3) is 5.14. The zero-order valence-electron chi connectivity index (χ0n) is 20.0. The van der Waals surface area contributed by atoms with E-state index in [9.17, 15) is 19.7 Å². The van der Waals surface area contributed by atoms with E-state index in [0.29, 0.717) is 41.3 Å². The summed E-state index contributed by atoms with van der Waals surface area (Å²) in [6.45, 7) is 3.95. The lowest BCUT2D eigenvalue weighted by Gasteiger charge is -2.08. The summed E-state index contributed by atoms with van der Waals surface area (Å²) in [5, 5.41) is 22.5. The van der Waals surface area contributed by atoms with Crippen LogP contribution in [0, 0.1) is 24.0 Å². The molecule has 0 saturated carbocycles.